The Morgan fingerprint density at radius 3 is 2.70 bits per heavy atom. The summed E-state index contributed by atoms with van der Waals surface area (Å²) in [4.78, 5) is 4.09. The molecule has 10 heavy (non-hydrogen) atoms. The third-order valence-corrected chi connectivity index (χ3v) is 2.41. The van der Waals surface area contributed by atoms with Crippen molar-refractivity contribution < 1.29 is 0 Å². The van der Waals surface area contributed by atoms with Crippen LogP contribution in [0.5, 0.6) is 0 Å². The van der Waals surface area contributed by atoms with Crippen LogP contribution in [-0.4, -0.2) is 4.98 Å². The van der Waals surface area contributed by atoms with Crippen molar-refractivity contribution >= 4 is 50.9 Å². The first kappa shape index (κ1) is 8.47. The fraction of sp³-hybridized carbons (Fsp3) is 0. The summed E-state index contributed by atoms with van der Waals surface area (Å²) in [6.45, 7) is 0. The van der Waals surface area contributed by atoms with Gasteiger partial charge in [-0.1, -0.05) is 0 Å². The highest BCUT2D eigenvalue weighted by atomic mass is 127. The van der Waals surface area contributed by atoms with Crippen LogP contribution in [0.4, 0.5) is 5.69 Å². The summed E-state index contributed by atoms with van der Waals surface area (Å²) in [7, 11) is 0. The van der Waals surface area contributed by atoms with E-state index in [-0.39, 0.29) is 0 Å². The van der Waals surface area contributed by atoms with Crippen molar-refractivity contribution in [3.63, 3.8) is 0 Å². The molecule has 0 atom stereocenters. The van der Waals surface area contributed by atoms with Crippen LogP contribution in [0.2, 0.25) is 0 Å². The second kappa shape index (κ2) is 3.67. The van der Waals surface area contributed by atoms with Crippen molar-refractivity contribution in [1.29, 1.82) is 0 Å². The van der Waals surface area contributed by atoms with Gasteiger partial charge in [0.15, 0.2) is 0 Å². The van der Waals surface area contributed by atoms with Crippen molar-refractivity contribution in [2.75, 3.05) is 5.43 Å². The molecule has 0 spiro atoms. The van der Waals surface area contributed by atoms with Crippen LogP contribution in [0, 0.1) is 7.27 Å². The Balaban J connectivity index is 3.09. The second-order valence-electron chi connectivity index (χ2n) is 1.64. The van der Waals surface area contributed by atoms with E-state index in [1.807, 2.05) is 6.07 Å². The zero-order valence-electron chi connectivity index (χ0n) is 4.94. The molecule has 0 bridgehead atoms. The minimum Gasteiger partial charge on any atom is -0.322 e. The summed E-state index contributed by atoms with van der Waals surface area (Å²) in [5.74, 6) is 5.22. The standard InChI is InChI=1S/C5H5I2N3/c6-3-1-4(10-8)5(7)9-2-3/h1-2,10H,8H2. The third kappa shape index (κ3) is 1.92. The molecule has 0 saturated carbocycles. The molecular weight excluding hydrogens is 356 g/mol. The molecule has 0 aromatic carbocycles. The molecule has 1 rings (SSSR count). The molecule has 0 saturated heterocycles. The monoisotopic (exact) mass is 361 g/mol. The number of hydrogen-bond acceptors (Lipinski definition) is 3. The number of hydrazine groups is 1. The molecule has 0 radical (unpaired) electrons. The number of nitrogens with two attached hydrogens (primary N) is 1. The Kier molecular flexibility index (Phi) is 3.11. The van der Waals surface area contributed by atoms with Gasteiger partial charge in [-0.05, 0) is 51.2 Å². The number of nitrogen functional groups attached to an aromatic ring is 1. The van der Waals surface area contributed by atoms with Gasteiger partial charge in [0.25, 0.3) is 0 Å². The lowest BCUT2D eigenvalue weighted by atomic mass is 10.4. The first-order valence-corrected chi connectivity index (χ1v) is 4.67. The molecule has 0 amide bonds. The van der Waals surface area contributed by atoms with Crippen molar-refractivity contribution in [3.8, 4) is 0 Å². The fourth-order valence-electron chi connectivity index (χ4n) is 0.524. The number of anilines is 1. The second-order valence-corrected chi connectivity index (χ2v) is 3.90. The van der Waals surface area contributed by atoms with Gasteiger partial charge < -0.3 is 5.43 Å². The van der Waals surface area contributed by atoms with Gasteiger partial charge in [0.1, 0.15) is 3.70 Å². The van der Waals surface area contributed by atoms with Crippen molar-refractivity contribution in [2.45, 2.75) is 0 Å². The van der Waals surface area contributed by atoms with E-state index < -0.39 is 0 Å². The molecule has 0 aliphatic rings. The Morgan fingerprint density at radius 2 is 2.20 bits per heavy atom. The van der Waals surface area contributed by atoms with E-state index in [0.29, 0.717) is 0 Å². The van der Waals surface area contributed by atoms with E-state index >= 15 is 0 Å². The lowest BCUT2D eigenvalue weighted by Crippen LogP contribution is -2.09. The van der Waals surface area contributed by atoms with E-state index in [9.17, 15) is 0 Å². The zero-order chi connectivity index (χ0) is 7.56. The molecule has 54 valence electrons. The lowest BCUT2D eigenvalue weighted by molar-refractivity contribution is 1.21. The van der Waals surface area contributed by atoms with E-state index in [0.717, 1.165) is 13.0 Å². The quantitative estimate of drug-likeness (QED) is 0.346. The molecular formula is C5H5I2N3. The minimum absolute atomic E-state index is 0.868. The fourth-order valence-corrected chi connectivity index (χ4v) is 1.43. The summed E-state index contributed by atoms with van der Waals surface area (Å²) in [6, 6.07) is 1.94. The van der Waals surface area contributed by atoms with Crippen LogP contribution in [0.1, 0.15) is 0 Å². The number of hydrogen-bond donors (Lipinski definition) is 2. The highest BCUT2D eigenvalue weighted by molar-refractivity contribution is 14.1. The van der Waals surface area contributed by atoms with E-state index in [4.69, 9.17) is 5.84 Å². The predicted octanol–water partition coefficient (Wildman–Crippen LogP) is 1.58. The smallest absolute Gasteiger partial charge is 0.125 e. The minimum atomic E-state index is 0.868. The SMILES string of the molecule is NNc1cc(I)cnc1I. The van der Waals surface area contributed by atoms with Gasteiger partial charge >= 0.3 is 0 Å². The average molecular weight is 361 g/mol. The number of aromatic nitrogens is 1. The van der Waals surface area contributed by atoms with Crippen molar-refractivity contribution in [1.82, 2.24) is 4.98 Å². The third-order valence-electron chi connectivity index (χ3n) is 0.961. The molecule has 0 fully saturated rings. The maximum Gasteiger partial charge on any atom is 0.125 e. The topological polar surface area (TPSA) is 50.9 Å². The highest BCUT2D eigenvalue weighted by Crippen LogP contribution is 2.16. The van der Waals surface area contributed by atoms with Gasteiger partial charge in [-0.3, -0.25) is 5.84 Å². The molecule has 3 N–H and O–H groups in total. The summed E-state index contributed by atoms with van der Waals surface area (Å²) in [6.07, 6.45) is 1.79. The number of nitrogens with one attached hydrogen (secondary N) is 1. The van der Waals surface area contributed by atoms with E-state index in [1.165, 1.54) is 0 Å². The maximum absolute atomic E-state index is 5.22. The van der Waals surface area contributed by atoms with E-state index in [1.54, 1.807) is 6.20 Å². The van der Waals surface area contributed by atoms with Gasteiger partial charge in [0, 0.05) is 9.77 Å². The first-order chi connectivity index (χ1) is 4.74. The molecule has 1 aromatic rings. The van der Waals surface area contributed by atoms with Gasteiger partial charge in [-0.2, -0.15) is 0 Å². The van der Waals surface area contributed by atoms with Crippen molar-refractivity contribution in [3.05, 3.63) is 19.5 Å². The molecule has 0 aliphatic heterocycles. The van der Waals surface area contributed by atoms with E-state index in [2.05, 4.69) is 55.6 Å². The molecule has 0 unspecified atom stereocenters. The van der Waals surface area contributed by atoms with Crippen LogP contribution < -0.4 is 11.3 Å². The summed E-state index contributed by atoms with van der Waals surface area (Å²) >= 11 is 4.30. The number of halogens is 2. The van der Waals surface area contributed by atoms with Gasteiger partial charge in [0.05, 0.1) is 5.69 Å². The number of rotatable bonds is 1. The molecule has 5 heteroatoms. The molecule has 0 aliphatic carbocycles. The Bertz CT molecular complexity index is 238. The normalized spacial score (nSPS) is 9.50. The first-order valence-electron chi connectivity index (χ1n) is 2.51. The van der Waals surface area contributed by atoms with Crippen LogP contribution in [-0.2, 0) is 0 Å². The highest BCUT2D eigenvalue weighted by Gasteiger charge is 1.97. The molecule has 1 aromatic heterocycles. The zero-order valence-corrected chi connectivity index (χ0v) is 9.25. The number of pyridine rings is 1. The van der Waals surface area contributed by atoms with Crippen LogP contribution >= 0.6 is 45.2 Å². The summed E-state index contributed by atoms with van der Waals surface area (Å²) in [5.41, 5.74) is 3.43. The van der Waals surface area contributed by atoms with Gasteiger partial charge in [-0.25, -0.2) is 4.98 Å². The van der Waals surface area contributed by atoms with Crippen LogP contribution in [0.3, 0.4) is 0 Å². The number of nitrogens with zero attached hydrogens (tertiary/aromatic N) is 1. The largest absolute Gasteiger partial charge is 0.322 e. The van der Waals surface area contributed by atoms with Gasteiger partial charge in [-0.15, -0.1) is 0 Å². The lowest BCUT2D eigenvalue weighted by Gasteiger charge is -2.01. The molecule has 1 heterocycles. The summed E-state index contributed by atoms with van der Waals surface area (Å²) < 4.78 is 1.96. The summed E-state index contributed by atoms with van der Waals surface area (Å²) in [5, 5.41) is 0. The average Bonchev–Trinajstić information content (AvgIpc) is 1.94. The molecule has 3 nitrogen and oxygen atoms in total. The van der Waals surface area contributed by atoms with Crippen LogP contribution in [0.25, 0.3) is 0 Å². The van der Waals surface area contributed by atoms with Crippen LogP contribution in [0.15, 0.2) is 12.3 Å². The Morgan fingerprint density at radius 1 is 1.50 bits per heavy atom. The predicted molar refractivity (Wildman–Crippen MR) is 57.5 cm³/mol. The van der Waals surface area contributed by atoms with Crippen molar-refractivity contribution in [2.24, 2.45) is 5.84 Å². The maximum atomic E-state index is 5.22. The van der Waals surface area contributed by atoms with Gasteiger partial charge in [0.2, 0.25) is 0 Å². The Labute approximate surface area is 86.0 Å². The Hall–Kier alpha value is 0.370.